The second-order valence-corrected chi connectivity index (χ2v) is 9.09. The van der Waals surface area contributed by atoms with Crippen LogP contribution >= 0.6 is 0 Å². The van der Waals surface area contributed by atoms with Gasteiger partial charge in [0.05, 0.1) is 10.5 Å². The summed E-state index contributed by atoms with van der Waals surface area (Å²) < 4.78 is 34.6. The van der Waals surface area contributed by atoms with Gasteiger partial charge in [-0.05, 0) is 48.9 Å². The molecule has 32 heavy (non-hydrogen) atoms. The number of sulfone groups is 1. The Balaban J connectivity index is 1.57. The van der Waals surface area contributed by atoms with E-state index >= 15 is 0 Å². The van der Waals surface area contributed by atoms with Gasteiger partial charge in [-0.3, -0.25) is 4.79 Å². The molecule has 0 unspecified atom stereocenters. The van der Waals surface area contributed by atoms with Gasteiger partial charge in [-0.15, -0.1) is 0 Å². The smallest absolute Gasteiger partial charge is 0.340 e. The van der Waals surface area contributed by atoms with Crippen LogP contribution in [0.2, 0.25) is 0 Å². The molecule has 0 heterocycles. The molecule has 3 rings (SSSR count). The van der Waals surface area contributed by atoms with Crippen LogP contribution in [0.1, 0.15) is 22.8 Å². The van der Waals surface area contributed by atoms with Crippen molar-refractivity contribution in [3.63, 3.8) is 0 Å². The van der Waals surface area contributed by atoms with E-state index in [-0.39, 0.29) is 10.5 Å². The van der Waals surface area contributed by atoms with Crippen LogP contribution in [0, 0.1) is 0 Å². The number of anilines is 1. The van der Waals surface area contributed by atoms with Gasteiger partial charge in [-0.1, -0.05) is 42.5 Å². The Bertz CT molecular complexity index is 1190. The average molecular weight is 454 g/mol. The number of ether oxygens (including phenoxy) is 2. The van der Waals surface area contributed by atoms with E-state index in [1.165, 1.54) is 31.2 Å². The molecule has 0 bridgehead atoms. The van der Waals surface area contributed by atoms with E-state index in [9.17, 15) is 18.0 Å². The Labute approximate surface area is 186 Å². The number of hydrogen-bond acceptors (Lipinski definition) is 6. The van der Waals surface area contributed by atoms with Crippen molar-refractivity contribution in [1.82, 2.24) is 0 Å². The second-order valence-electron chi connectivity index (χ2n) is 7.10. The molecule has 1 amide bonds. The summed E-state index contributed by atoms with van der Waals surface area (Å²) in [6.07, 6.45) is -0.133. The minimum atomic E-state index is -3.62. The first-order valence-corrected chi connectivity index (χ1v) is 11.7. The Hall–Kier alpha value is -3.65. The Morgan fingerprint density at radius 2 is 1.53 bits per heavy atom. The van der Waals surface area contributed by atoms with Crippen molar-refractivity contribution in [3.8, 4) is 5.75 Å². The minimum absolute atomic E-state index is 0.116. The van der Waals surface area contributed by atoms with Crippen molar-refractivity contribution in [2.24, 2.45) is 0 Å². The molecule has 8 heteroatoms. The van der Waals surface area contributed by atoms with Gasteiger partial charge in [0.25, 0.3) is 5.91 Å². The lowest BCUT2D eigenvalue weighted by atomic mass is 10.2. The number of benzene rings is 3. The van der Waals surface area contributed by atoms with Gasteiger partial charge in [0.15, 0.2) is 15.9 Å². The van der Waals surface area contributed by atoms with Crippen LogP contribution in [0.15, 0.2) is 83.8 Å². The van der Waals surface area contributed by atoms with Gasteiger partial charge in [0.1, 0.15) is 12.4 Å². The highest BCUT2D eigenvalue weighted by Crippen LogP contribution is 2.19. The minimum Gasteiger partial charge on any atom is -0.489 e. The summed E-state index contributed by atoms with van der Waals surface area (Å²) in [5.41, 5.74) is 1.43. The highest BCUT2D eigenvalue weighted by Gasteiger charge is 2.23. The van der Waals surface area contributed by atoms with Gasteiger partial charge >= 0.3 is 5.97 Å². The van der Waals surface area contributed by atoms with Crippen LogP contribution in [0.5, 0.6) is 5.75 Å². The fourth-order valence-electron chi connectivity index (χ4n) is 2.86. The van der Waals surface area contributed by atoms with E-state index in [2.05, 4.69) is 5.32 Å². The fraction of sp³-hybridized carbons (Fsp3) is 0.167. The molecule has 0 spiro atoms. The molecule has 166 valence electrons. The summed E-state index contributed by atoms with van der Waals surface area (Å²) in [4.78, 5) is 24.7. The summed E-state index contributed by atoms with van der Waals surface area (Å²) in [5.74, 6) is -0.796. The number of carbonyl (C=O) groups is 2. The lowest BCUT2D eigenvalue weighted by molar-refractivity contribution is -0.123. The van der Waals surface area contributed by atoms with Crippen LogP contribution in [-0.2, 0) is 26.0 Å². The van der Waals surface area contributed by atoms with Crippen LogP contribution < -0.4 is 10.1 Å². The van der Waals surface area contributed by atoms with Crippen LogP contribution in [0.25, 0.3) is 0 Å². The first kappa shape index (κ1) is 23.0. The number of carbonyl (C=O) groups excluding carboxylic acids is 2. The quantitative estimate of drug-likeness (QED) is 0.520. The van der Waals surface area contributed by atoms with Crippen molar-refractivity contribution in [2.45, 2.75) is 24.5 Å². The summed E-state index contributed by atoms with van der Waals surface area (Å²) in [5, 5.41) is 2.65. The van der Waals surface area contributed by atoms with Gasteiger partial charge < -0.3 is 14.8 Å². The van der Waals surface area contributed by atoms with Crippen molar-refractivity contribution in [3.05, 3.63) is 90.0 Å². The van der Waals surface area contributed by atoms with E-state index in [0.29, 0.717) is 18.0 Å². The first-order valence-electron chi connectivity index (χ1n) is 9.82. The largest absolute Gasteiger partial charge is 0.489 e. The maximum Gasteiger partial charge on any atom is 0.340 e. The second kappa shape index (κ2) is 10.1. The third kappa shape index (κ3) is 6.18. The van der Waals surface area contributed by atoms with E-state index < -0.39 is 27.8 Å². The maximum absolute atomic E-state index is 12.4. The molecule has 0 radical (unpaired) electrons. The van der Waals surface area contributed by atoms with E-state index in [1.54, 1.807) is 24.3 Å². The zero-order valence-electron chi connectivity index (χ0n) is 17.6. The predicted molar refractivity (Wildman–Crippen MR) is 120 cm³/mol. The van der Waals surface area contributed by atoms with E-state index in [0.717, 1.165) is 11.8 Å². The zero-order valence-corrected chi connectivity index (χ0v) is 18.5. The summed E-state index contributed by atoms with van der Waals surface area (Å²) >= 11 is 0. The molecule has 3 aromatic rings. The van der Waals surface area contributed by atoms with Crippen molar-refractivity contribution in [2.75, 3.05) is 11.6 Å². The number of hydrogen-bond donors (Lipinski definition) is 1. The highest BCUT2D eigenvalue weighted by atomic mass is 32.2. The Morgan fingerprint density at radius 1 is 0.906 bits per heavy atom. The van der Waals surface area contributed by atoms with Crippen LogP contribution in [0.4, 0.5) is 5.69 Å². The molecular weight excluding hydrogens is 430 g/mol. The Kier molecular flexibility index (Phi) is 7.27. The zero-order chi connectivity index (χ0) is 23.1. The predicted octanol–water partition coefficient (Wildman–Crippen LogP) is 3.85. The molecule has 0 saturated heterocycles. The number of rotatable bonds is 8. The van der Waals surface area contributed by atoms with Gasteiger partial charge in [-0.2, -0.15) is 0 Å². The van der Waals surface area contributed by atoms with Crippen LogP contribution in [-0.4, -0.2) is 32.7 Å². The SMILES string of the molecule is C[C@@H](OC(=O)c1ccccc1S(C)(=O)=O)C(=O)Nc1ccc(OCc2ccccc2)cc1. The van der Waals surface area contributed by atoms with E-state index in [4.69, 9.17) is 9.47 Å². The molecule has 0 aliphatic heterocycles. The summed E-state index contributed by atoms with van der Waals surface area (Å²) in [6, 6.07) is 22.2. The normalized spacial score (nSPS) is 11.9. The van der Waals surface area contributed by atoms with E-state index in [1.807, 2.05) is 30.3 Å². The lowest BCUT2D eigenvalue weighted by Gasteiger charge is -2.15. The topological polar surface area (TPSA) is 98.8 Å². The molecule has 0 saturated carbocycles. The Morgan fingerprint density at radius 3 is 2.19 bits per heavy atom. The number of nitrogens with one attached hydrogen (secondary N) is 1. The molecule has 1 N–H and O–H groups in total. The summed E-state index contributed by atoms with van der Waals surface area (Å²) in [6.45, 7) is 1.84. The van der Waals surface area contributed by atoms with Crippen molar-refractivity contribution in [1.29, 1.82) is 0 Å². The highest BCUT2D eigenvalue weighted by molar-refractivity contribution is 7.90. The maximum atomic E-state index is 12.4. The van der Waals surface area contributed by atoms with Crippen molar-refractivity contribution >= 4 is 27.4 Å². The molecule has 1 atom stereocenters. The van der Waals surface area contributed by atoms with Gasteiger partial charge in [-0.25, -0.2) is 13.2 Å². The third-order valence-electron chi connectivity index (χ3n) is 4.53. The number of esters is 1. The average Bonchev–Trinajstić information content (AvgIpc) is 2.78. The fourth-order valence-corrected chi connectivity index (χ4v) is 3.73. The van der Waals surface area contributed by atoms with Crippen molar-refractivity contribution < 1.29 is 27.5 Å². The molecule has 0 aromatic heterocycles. The summed E-state index contributed by atoms with van der Waals surface area (Å²) in [7, 11) is -3.62. The molecule has 0 aliphatic rings. The first-order chi connectivity index (χ1) is 15.2. The monoisotopic (exact) mass is 453 g/mol. The molecule has 0 aliphatic carbocycles. The lowest BCUT2D eigenvalue weighted by Crippen LogP contribution is -2.30. The van der Waals surface area contributed by atoms with Crippen LogP contribution in [0.3, 0.4) is 0 Å². The molecule has 7 nitrogen and oxygen atoms in total. The molecule has 3 aromatic carbocycles. The third-order valence-corrected chi connectivity index (χ3v) is 5.68. The standard InChI is InChI=1S/C24H23NO6S/c1-17(31-24(27)21-10-6-7-11-22(21)32(2,28)29)23(26)25-19-12-14-20(15-13-19)30-16-18-8-4-3-5-9-18/h3-15,17H,16H2,1-2H3,(H,25,26)/t17-/m1/s1. The molecular formula is C24H23NO6S. The number of amides is 1. The molecule has 0 fully saturated rings. The van der Waals surface area contributed by atoms with Gasteiger partial charge in [0, 0.05) is 11.9 Å². The van der Waals surface area contributed by atoms with Gasteiger partial charge in [0.2, 0.25) is 0 Å².